The maximum atomic E-state index is 13.8. The number of aryl methyl sites for hydroxylation is 1. The van der Waals surface area contributed by atoms with Gasteiger partial charge in [0.05, 0.1) is 25.3 Å². The molecule has 0 spiro atoms. The van der Waals surface area contributed by atoms with Gasteiger partial charge in [-0.1, -0.05) is 41.9 Å². The maximum absolute atomic E-state index is 13.8. The van der Waals surface area contributed by atoms with E-state index < -0.39 is 12.1 Å². The lowest BCUT2D eigenvalue weighted by atomic mass is 9.99. The summed E-state index contributed by atoms with van der Waals surface area (Å²) < 4.78 is 7.25. The second kappa shape index (κ2) is 13.4. The van der Waals surface area contributed by atoms with E-state index in [1.54, 1.807) is 32.7 Å². The van der Waals surface area contributed by atoms with Crippen LogP contribution in [-0.2, 0) is 22.6 Å². The van der Waals surface area contributed by atoms with Crippen LogP contribution in [0, 0.1) is 6.92 Å². The Hall–Kier alpha value is -3.92. The quantitative estimate of drug-likeness (QED) is 0.491. The molecule has 0 bridgehead atoms. The van der Waals surface area contributed by atoms with Gasteiger partial charge < -0.3 is 19.9 Å². The molecule has 5 rings (SSSR count). The van der Waals surface area contributed by atoms with Gasteiger partial charge in [0.15, 0.2) is 0 Å². The topological polar surface area (TPSA) is 110 Å². The second-order valence-electron chi connectivity index (χ2n) is 10.8. The first-order chi connectivity index (χ1) is 20.3. The van der Waals surface area contributed by atoms with Gasteiger partial charge in [0, 0.05) is 31.1 Å². The van der Waals surface area contributed by atoms with Crippen molar-refractivity contribution in [1.29, 1.82) is 0 Å². The van der Waals surface area contributed by atoms with Crippen LogP contribution in [0.15, 0.2) is 48.5 Å². The van der Waals surface area contributed by atoms with Gasteiger partial charge in [0.1, 0.15) is 23.4 Å². The highest BCUT2D eigenvalue weighted by Gasteiger charge is 2.34. The molecule has 3 amide bonds. The molecule has 0 aliphatic carbocycles. The zero-order chi connectivity index (χ0) is 29.6. The summed E-state index contributed by atoms with van der Waals surface area (Å²) in [5.41, 5.74) is 1.40. The van der Waals surface area contributed by atoms with Crippen LogP contribution in [0.2, 0.25) is 5.02 Å². The number of carbonyl (C=O) groups excluding carboxylic acids is 3. The summed E-state index contributed by atoms with van der Waals surface area (Å²) in [6.07, 6.45) is 3.55. The summed E-state index contributed by atoms with van der Waals surface area (Å²) in [4.78, 5) is 49.1. The molecular weight excluding hydrogens is 556 g/mol. The molecule has 10 nitrogen and oxygen atoms in total. The van der Waals surface area contributed by atoms with Gasteiger partial charge in [-0.2, -0.15) is 5.10 Å². The summed E-state index contributed by atoms with van der Waals surface area (Å²) in [6, 6.07) is 13.9. The first-order valence-electron chi connectivity index (χ1n) is 14.5. The molecule has 0 unspecified atom stereocenters. The fraction of sp³-hybridized carbons (Fsp3) is 0.452. The average molecular weight is 593 g/mol. The molecular formula is C31H37ClN6O4. The molecule has 2 aliphatic rings. The Morgan fingerprint density at radius 2 is 1.86 bits per heavy atom. The molecule has 0 saturated carbocycles. The van der Waals surface area contributed by atoms with Gasteiger partial charge in [0.25, 0.3) is 5.91 Å². The average Bonchev–Trinajstić information content (AvgIpc) is 3.38. The molecule has 1 fully saturated rings. The molecule has 2 atom stereocenters. The summed E-state index contributed by atoms with van der Waals surface area (Å²) in [6.45, 7) is 3.38. The first kappa shape index (κ1) is 29.6. The number of hydrogen-bond acceptors (Lipinski definition) is 6. The third kappa shape index (κ3) is 6.75. The summed E-state index contributed by atoms with van der Waals surface area (Å²) in [5, 5.41) is 8.31. The number of piperidine rings is 1. The monoisotopic (exact) mass is 592 g/mol. The molecule has 222 valence electrons. The maximum Gasteiger partial charge on any atom is 0.257 e. The van der Waals surface area contributed by atoms with E-state index in [9.17, 15) is 14.4 Å². The lowest BCUT2D eigenvalue weighted by Crippen LogP contribution is -2.53. The number of amides is 3. The predicted octanol–water partition coefficient (Wildman–Crippen LogP) is 3.97. The van der Waals surface area contributed by atoms with Crippen LogP contribution in [0.3, 0.4) is 0 Å². The Bertz CT molecular complexity index is 1430. The van der Waals surface area contributed by atoms with Crippen LogP contribution in [0.5, 0.6) is 5.75 Å². The molecule has 42 heavy (non-hydrogen) atoms. The van der Waals surface area contributed by atoms with Crippen molar-refractivity contribution in [1.82, 2.24) is 29.9 Å². The van der Waals surface area contributed by atoms with Crippen molar-refractivity contribution < 1.29 is 19.1 Å². The Labute approximate surface area is 251 Å². The summed E-state index contributed by atoms with van der Waals surface area (Å²) in [5.74, 6) is 1.14. The van der Waals surface area contributed by atoms with Gasteiger partial charge in [-0.05, 0) is 62.8 Å². The van der Waals surface area contributed by atoms with Crippen LogP contribution >= 0.6 is 11.6 Å². The molecule has 11 heteroatoms. The van der Waals surface area contributed by atoms with E-state index in [0.29, 0.717) is 73.4 Å². The molecule has 2 aromatic carbocycles. The van der Waals surface area contributed by atoms with E-state index in [1.165, 1.54) is 7.11 Å². The normalized spacial score (nSPS) is 20.3. The van der Waals surface area contributed by atoms with Gasteiger partial charge in [-0.25, -0.2) is 9.67 Å². The van der Waals surface area contributed by atoms with E-state index in [-0.39, 0.29) is 24.1 Å². The van der Waals surface area contributed by atoms with Crippen molar-refractivity contribution in [2.24, 2.45) is 0 Å². The number of carbonyl (C=O) groups is 3. The van der Waals surface area contributed by atoms with Crippen LogP contribution in [0.1, 0.15) is 65.7 Å². The number of nitrogens with zero attached hydrogens (tertiary/aromatic N) is 5. The minimum atomic E-state index is -0.543. The van der Waals surface area contributed by atoms with Crippen molar-refractivity contribution >= 4 is 29.3 Å². The van der Waals surface area contributed by atoms with E-state index in [2.05, 4.69) is 10.4 Å². The van der Waals surface area contributed by atoms with E-state index in [1.807, 2.05) is 37.3 Å². The lowest BCUT2D eigenvalue weighted by molar-refractivity contribution is -0.142. The predicted molar refractivity (Wildman–Crippen MR) is 158 cm³/mol. The Morgan fingerprint density at radius 1 is 1.05 bits per heavy atom. The number of rotatable bonds is 4. The largest absolute Gasteiger partial charge is 0.496 e. The van der Waals surface area contributed by atoms with Crippen LogP contribution in [0.4, 0.5) is 0 Å². The Kier molecular flexibility index (Phi) is 9.41. The number of hydrogen-bond donors (Lipinski definition) is 1. The van der Waals surface area contributed by atoms with Gasteiger partial charge in [0.2, 0.25) is 11.8 Å². The minimum absolute atomic E-state index is 0.0711. The number of ether oxygens (including phenoxy) is 1. The van der Waals surface area contributed by atoms with E-state index in [0.717, 1.165) is 18.4 Å². The zero-order valence-electron chi connectivity index (χ0n) is 24.1. The van der Waals surface area contributed by atoms with Gasteiger partial charge in [-0.3, -0.25) is 14.4 Å². The molecule has 1 aromatic heterocycles. The van der Waals surface area contributed by atoms with Crippen LogP contribution in [0.25, 0.3) is 0 Å². The number of halogens is 1. The molecule has 0 radical (unpaired) electrons. The second-order valence-corrected chi connectivity index (χ2v) is 11.3. The number of fused-ring (bicyclic) bond motifs is 2. The zero-order valence-corrected chi connectivity index (χ0v) is 24.8. The van der Waals surface area contributed by atoms with Crippen LogP contribution in [-0.4, -0.2) is 75.1 Å². The van der Waals surface area contributed by atoms with E-state index in [4.69, 9.17) is 21.3 Å². The third-order valence-corrected chi connectivity index (χ3v) is 8.16. The number of benzene rings is 2. The SMILES string of the molecule is COc1ccc(Cl)cc1C(=O)N1CCCC(=O)N2CCCC[C@H]2C(=O)N[C@H](Cc2ccccc2)c2nc(C)nn2CC1. The fourth-order valence-corrected chi connectivity index (χ4v) is 6.01. The van der Waals surface area contributed by atoms with Gasteiger partial charge >= 0.3 is 0 Å². The third-order valence-electron chi connectivity index (χ3n) is 7.92. The molecule has 3 heterocycles. The molecule has 2 aliphatic heterocycles. The lowest BCUT2D eigenvalue weighted by Gasteiger charge is -2.36. The van der Waals surface area contributed by atoms with Crippen LogP contribution < -0.4 is 10.1 Å². The Morgan fingerprint density at radius 3 is 2.64 bits per heavy atom. The van der Waals surface area contributed by atoms with Crippen molar-refractivity contribution in [3.8, 4) is 5.75 Å². The highest BCUT2D eigenvalue weighted by atomic mass is 35.5. The smallest absolute Gasteiger partial charge is 0.257 e. The standard InChI is InChI=1S/C31H37ClN6O4/c1-21-33-29-25(19-22-9-4-3-5-10-22)34-30(40)26-11-6-7-16-37(26)28(39)12-8-15-36(17-18-38(29)35-21)31(41)24-20-23(32)13-14-27(24)42-2/h3-5,9-10,13-14,20,25-26H,6-8,11-12,15-19H2,1-2H3,(H,34,40)/t25-,26+/m1/s1. The molecule has 1 saturated heterocycles. The highest BCUT2D eigenvalue weighted by molar-refractivity contribution is 6.31. The fourth-order valence-electron chi connectivity index (χ4n) is 5.83. The Balaban J connectivity index is 1.51. The number of aromatic nitrogens is 3. The van der Waals surface area contributed by atoms with E-state index >= 15 is 0 Å². The van der Waals surface area contributed by atoms with Crippen molar-refractivity contribution in [3.05, 3.63) is 76.3 Å². The van der Waals surface area contributed by atoms with Gasteiger partial charge in [-0.15, -0.1) is 0 Å². The van der Waals surface area contributed by atoms with Crippen molar-refractivity contribution in [3.63, 3.8) is 0 Å². The van der Waals surface area contributed by atoms with Crippen molar-refractivity contribution in [2.75, 3.05) is 26.7 Å². The van der Waals surface area contributed by atoms with Crippen molar-refractivity contribution in [2.45, 2.75) is 64.1 Å². The molecule has 1 N–H and O–H groups in total. The summed E-state index contributed by atoms with van der Waals surface area (Å²) >= 11 is 6.25. The first-order valence-corrected chi connectivity index (χ1v) is 14.9. The number of nitrogens with one attached hydrogen (secondary N) is 1. The minimum Gasteiger partial charge on any atom is -0.496 e. The summed E-state index contributed by atoms with van der Waals surface area (Å²) in [7, 11) is 1.52. The molecule has 3 aromatic rings. The highest BCUT2D eigenvalue weighted by Crippen LogP contribution is 2.26. The number of methoxy groups -OCH3 is 1.